The molecule has 1 aromatic rings. The van der Waals surface area contributed by atoms with Gasteiger partial charge in [-0.05, 0) is 22.2 Å². The first-order valence-electron chi connectivity index (χ1n) is 4.05. The minimum atomic E-state index is -0.549. The summed E-state index contributed by atoms with van der Waals surface area (Å²) in [4.78, 5) is 17.3. The molecule has 0 radical (unpaired) electrons. The van der Waals surface area contributed by atoms with Gasteiger partial charge in [-0.3, -0.25) is 0 Å². The third-order valence-electron chi connectivity index (χ3n) is 1.50. The number of rotatable bonds is 3. The average molecular weight is 181 g/mol. The Hall–Kier alpha value is -1.52. The van der Waals surface area contributed by atoms with E-state index in [-0.39, 0.29) is 5.82 Å². The van der Waals surface area contributed by atoms with Crippen LogP contribution in [0.2, 0.25) is 0 Å². The van der Waals surface area contributed by atoms with Crippen LogP contribution >= 0.6 is 0 Å². The Labute approximate surface area is 76.0 Å². The van der Waals surface area contributed by atoms with Crippen LogP contribution in [0.1, 0.15) is 19.5 Å². The van der Waals surface area contributed by atoms with Crippen molar-refractivity contribution in [1.82, 2.24) is 9.97 Å². The fraction of sp³-hybridized carbons (Fsp3) is 0.500. The molecule has 0 saturated heterocycles. The zero-order valence-electron chi connectivity index (χ0n) is 7.60. The number of hydrogen-bond acceptors (Lipinski definition) is 4. The summed E-state index contributed by atoms with van der Waals surface area (Å²) in [5.41, 5.74) is 0.792. The molecule has 0 bridgehead atoms. The van der Waals surface area contributed by atoms with Crippen molar-refractivity contribution < 1.29 is 4.92 Å². The number of nitrogens with zero attached hydrogens (tertiary/aromatic N) is 3. The largest absolute Gasteiger partial charge is 0.381 e. The van der Waals surface area contributed by atoms with E-state index in [1.54, 1.807) is 0 Å². The van der Waals surface area contributed by atoms with Crippen LogP contribution in [0.5, 0.6) is 0 Å². The predicted molar refractivity (Wildman–Crippen MR) is 47.2 cm³/mol. The molecule has 1 aromatic heterocycles. The van der Waals surface area contributed by atoms with E-state index in [2.05, 4.69) is 23.8 Å². The zero-order valence-corrected chi connectivity index (χ0v) is 7.60. The van der Waals surface area contributed by atoms with Gasteiger partial charge < -0.3 is 10.1 Å². The van der Waals surface area contributed by atoms with Crippen LogP contribution in [-0.4, -0.2) is 14.9 Å². The molecule has 0 fully saturated rings. The average Bonchev–Trinajstić information content (AvgIpc) is 2.04. The summed E-state index contributed by atoms with van der Waals surface area (Å²) in [5, 5.41) is 10.2. The van der Waals surface area contributed by atoms with Gasteiger partial charge in [-0.25, -0.2) is 4.98 Å². The predicted octanol–water partition coefficient (Wildman–Crippen LogP) is 1.58. The SMILES string of the molecule is CC(C)Cc1cnc([N+](=O)[O-])cn1. The lowest BCUT2D eigenvalue weighted by Gasteiger charge is -2.00. The molecule has 5 heteroatoms. The second kappa shape index (κ2) is 3.93. The second-order valence-electron chi connectivity index (χ2n) is 3.22. The summed E-state index contributed by atoms with van der Waals surface area (Å²) in [6.07, 6.45) is 3.45. The van der Waals surface area contributed by atoms with Gasteiger partial charge in [0.25, 0.3) is 0 Å². The van der Waals surface area contributed by atoms with Crippen molar-refractivity contribution in [2.45, 2.75) is 20.3 Å². The molecular formula is C8H11N3O2. The van der Waals surface area contributed by atoms with Crippen LogP contribution in [-0.2, 0) is 6.42 Å². The lowest BCUT2D eigenvalue weighted by atomic mass is 10.1. The Kier molecular flexibility index (Phi) is 2.89. The smallest absolute Gasteiger partial charge is 0.358 e. The quantitative estimate of drug-likeness (QED) is 0.524. The molecule has 0 N–H and O–H groups in total. The lowest BCUT2D eigenvalue weighted by Crippen LogP contribution is -2.00. The normalized spacial score (nSPS) is 10.4. The van der Waals surface area contributed by atoms with E-state index in [1.807, 2.05) is 0 Å². The number of nitro groups is 1. The van der Waals surface area contributed by atoms with Crippen molar-refractivity contribution in [3.63, 3.8) is 0 Å². The maximum atomic E-state index is 10.2. The van der Waals surface area contributed by atoms with Gasteiger partial charge in [0.05, 0.1) is 5.69 Å². The molecule has 13 heavy (non-hydrogen) atoms. The van der Waals surface area contributed by atoms with Gasteiger partial charge in [0.2, 0.25) is 0 Å². The molecule has 5 nitrogen and oxygen atoms in total. The topological polar surface area (TPSA) is 68.9 Å². The second-order valence-corrected chi connectivity index (χ2v) is 3.22. The van der Waals surface area contributed by atoms with Crippen LogP contribution in [0.4, 0.5) is 5.82 Å². The lowest BCUT2D eigenvalue weighted by molar-refractivity contribution is -0.389. The highest BCUT2D eigenvalue weighted by Gasteiger charge is 2.08. The van der Waals surface area contributed by atoms with Crippen molar-refractivity contribution in [2.75, 3.05) is 0 Å². The molecule has 0 aromatic carbocycles. The molecule has 0 unspecified atom stereocenters. The first-order chi connectivity index (χ1) is 6.09. The van der Waals surface area contributed by atoms with Crippen LogP contribution in [0, 0.1) is 16.0 Å². The molecule has 70 valence electrons. The maximum absolute atomic E-state index is 10.2. The van der Waals surface area contributed by atoms with E-state index in [1.165, 1.54) is 12.4 Å². The van der Waals surface area contributed by atoms with Crippen LogP contribution in [0.3, 0.4) is 0 Å². The fourth-order valence-electron chi connectivity index (χ4n) is 0.966. The summed E-state index contributed by atoms with van der Waals surface area (Å²) >= 11 is 0. The number of hydrogen-bond donors (Lipinski definition) is 0. The molecule has 0 aliphatic carbocycles. The third kappa shape index (κ3) is 2.77. The Bertz CT molecular complexity index is 295. The highest BCUT2D eigenvalue weighted by atomic mass is 16.6. The molecule has 1 rings (SSSR count). The Morgan fingerprint density at radius 2 is 2.15 bits per heavy atom. The molecule has 0 spiro atoms. The first-order valence-corrected chi connectivity index (χ1v) is 4.05. The van der Waals surface area contributed by atoms with Gasteiger partial charge in [-0.15, -0.1) is 0 Å². The van der Waals surface area contributed by atoms with Crippen molar-refractivity contribution in [3.05, 3.63) is 28.2 Å². The van der Waals surface area contributed by atoms with Gasteiger partial charge >= 0.3 is 5.82 Å². The Morgan fingerprint density at radius 3 is 2.54 bits per heavy atom. The van der Waals surface area contributed by atoms with Gasteiger partial charge in [0, 0.05) is 0 Å². The van der Waals surface area contributed by atoms with Crippen molar-refractivity contribution >= 4 is 5.82 Å². The maximum Gasteiger partial charge on any atom is 0.381 e. The summed E-state index contributed by atoms with van der Waals surface area (Å²) in [6, 6.07) is 0. The molecule has 1 heterocycles. The van der Waals surface area contributed by atoms with Crippen LogP contribution in [0.15, 0.2) is 12.4 Å². The summed E-state index contributed by atoms with van der Waals surface area (Å²) in [7, 11) is 0. The molecule has 0 amide bonds. The first kappa shape index (κ1) is 9.57. The van der Waals surface area contributed by atoms with Gasteiger partial charge in [-0.2, -0.15) is 0 Å². The van der Waals surface area contributed by atoms with E-state index >= 15 is 0 Å². The van der Waals surface area contributed by atoms with Crippen molar-refractivity contribution in [2.24, 2.45) is 5.92 Å². The molecule has 0 atom stereocenters. The minimum absolute atomic E-state index is 0.201. The third-order valence-corrected chi connectivity index (χ3v) is 1.50. The van der Waals surface area contributed by atoms with Crippen LogP contribution < -0.4 is 0 Å². The van der Waals surface area contributed by atoms with E-state index in [0.29, 0.717) is 5.92 Å². The molecule has 0 aliphatic heterocycles. The monoisotopic (exact) mass is 181 g/mol. The summed E-state index contributed by atoms with van der Waals surface area (Å²) < 4.78 is 0. The van der Waals surface area contributed by atoms with Gasteiger partial charge in [-0.1, -0.05) is 13.8 Å². The standard InChI is InChI=1S/C8H11N3O2/c1-6(2)3-7-4-10-8(5-9-7)11(12)13/h4-6H,3H2,1-2H3. The number of aromatic nitrogens is 2. The molecular weight excluding hydrogens is 170 g/mol. The van der Waals surface area contributed by atoms with Crippen molar-refractivity contribution in [1.29, 1.82) is 0 Å². The Balaban J connectivity index is 2.75. The van der Waals surface area contributed by atoms with E-state index in [9.17, 15) is 10.1 Å². The van der Waals surface area contributed by atoms with Gasteiger partial charge in [0.1, 0.15) is 6.20 Å². The van der Waals surface area contributed by atoms with E-state index in [4.69, 9.17) is 0 Å². The fourth-order valence-corrected chi connectivity index (χ4v) is 0.966. The molecule has 0 aliphatic rings. The summed E-state index contributed by atoms with van der Waals surface area (Å²) in [5.74, 6) is 0.281. The zero-order chi connectivity index (χ0) is 9.84. The van der Waals surface area contributed by atoms with E-state index in [0.717, 1.165) is 12.1 Å². The van der Waals surface area contributed by atoms with Gasteiger partial charge in [0.15, 0.2) is 6.20 Å². The highest BCUT2D eigenvalue weighted by molar-refractivity contribution is 5.14. The van der Waals surface area contributed by atoms with E-state index < -0.39 is 4.92 Å². The van der Waals surface area contributed by atoms with Crippen molar-refractivity contribution in [3.8, 4) is 0 Å². The summed E-state index contributed by atoms with van der Waals surface area (Å²) in [6.45, 7) is 4.12. The van der Waals surface area contributed by atoms with Crippen LogP contribution in [0.25, 0.3) is 0 Å². The molecule has 0 saturated carbocycles. The Morgan fingerprint density at radius 1 is 1.46 bits per heavy atom. The minimum Gasteiger partial charge on any atom is -0.358 e. The highest BCUT2D eigenvalue weighted by Crippen LogP contribution is 2.07.